The van der Waals surface area contributed by atoms with Gasteiger partial charge in [-0.2, -0.15) is 5.43 Å². The molecule has 0 saturated carbocycles. The maximum atomic E-state index is 3.97. The average molecular weight is 135 g/mol. The first-order valence-corrected chi connectivity index (χ1v) is 3.81. The second-order valence-electron chi connectivity index (χ2n) is 2.77. The van der Waals surface area contributed by atoms with E-state index in [9.17, 15) is 0 Å². The van der Waals surface area contributed by atoms with E-state index in [1.54, 1.807) is 0 Å². The van der Waals surface area contributed by atoms with E-state index in [2.05, 4.69) is 16.9 Å². The summed E-state index contributed by atoms with van der Waals surface area (Å²) in [6.07, 6.45) is 9.02. The summed E-state index contributed by atoms with van der Waals surface area (Å²) >= 11 is 0. The minimum atomic E-state index is 1.18. The van der Waals surface area contributed by atoms with E-state index in [1.807, 2.05) is 6.20 Å². The molecule has 1 N–H and O–H groups in total. The van der Waals surface area contributed by atoms with Crippen LogP contribution in [0.1, 0.15) is 25.7 Å². The summed E-state index contributed by atoms with van der Waals surface area (Å²) in [7, 11) is 0. The van der Waals surface area contributed by atoms with Crippen LogP contribution in [0.2, 0.25) is 0 Å². The third-order valence-electron chi connectivity index (χ3n) is 2.06. The number of nitrogens with one attached hydrogen (secondary N) is 1. The molecule has 1 heterocycles. The van der Waals surface area contributed by atoms with E-state index < -0.39 is 0 Å². The fourth-order valence-electron chi connectivity index (χ4n) is 1.48. The molecule has 2 rings (SSSR count). The second-order valence-corrected chi connectivity index (χ2v) is 2.77. The van der Waals surface area contributed by atoms with Crippen LogP contribution in [0.4, 0.5) is 0 Å². The number of allylic oxidation sites excluding steroid dienone is 3. The van der Waals surface area contributed by atoms with Gasteiger partial charge in [-0.25, -0.2) is 0 Å². The monoisotopic (exact) mass is 135 g/mol. The molecule has 0 atom stereocenters. The van der Waals surface area contributed by atoms with Crippen LogP contribution >= 0.6 is 0 Å². The molecular formula is C8H11N2. The zero-order valence-corrected chi connectivity index (χ0v) is 5.93. The summed E-state index contributed by atoms with van der Waals surface area (Å²) < 4.78 is 0. The van der Waals surface area contributed by atoms with Crippen molar-refractivity contribution in [2.24, 2.45) is 0 Å². The van der Waals surface area contributed by atoms with E-state index in [4.69, 9.17) is 0 Å². The predicted octanol–water partition coefficient (Wildman–Crippen LogP) is 1.45. The zero-order valence-electron chi connectivity index (χ0n) is 5.93. The van der Waals surface area contributed by atoms with Crippen molar-refractivity contribution >= 4 is 0 Å². The molecule has 0 aromatic carbocycles. The summed E-state index contributed by atoms with van der Waals surface area (Å²) in [5, 5.41) is 0. The lowest BCUT2D eigenvalue weighted by molar-refractivity contribution is 0.579. The minimum absolute atomic E-state index is 1.18. The lowest BCUT2D eigenvalue weighted by Gasteiger charge is -2.21. The van der Waals surface area contributed by atoms with Gasteiger partial charge in [0, 0.05) is 11.9 Å². The van der Waals surface area contributed by atoms with Crippen molar-refractivity contribution < 1.29 is 0 Å². The molecule has 2 nitrogen and oxygen atoms in total. The normalized spacial score (nSPS) is 23.2. The summed E-state index contributed by atoms with van der Waals surface area (Å²) in [5.74, 6) is 0. The fraction of sp³-hybridized carbons (Fsp3) is 0.500. The Morgan fingerprint density at radius 1 is 1.30 bits per heavy atom. The number of hydrogen-bond donors (Lipinski definition) is 1. The second kappa shape index (κ2) is 2.37. The van der Waals surface area contributed by atoms with Gasteiger partial charge in [0.05, 0.1) is 0 Å². The molecule has 0 aromatic heterocycles. The Kier molecular flexibility index (Phi) is 1.38. The Morgan fingerprint density at radius 2 is 2.20 bits per heavy atom. The zero-order chi connectivity index (χ0) is 6.81. The van der Waals surface area contributed by atoms with Gasteiger partial charge in [0.1, 0.15) is 0 Å². The first-order chi connectivity index (χ1) is 4.97. The highest BCUT2D eigenvalue weighted by atomic mass is 15.4. The van der Waals surface area contributed by atoms with Gasteiger partial charge in [-0.15, -0.1) is 0 Å². The molecule has 0 fully saturated rings. The van der Waals surface area contributed by atoms with Gasteiger partial charge < -0.3 is 0 Å². The molecule has 0 saturated heterocycles. The number of nitrogens with zero attached hydrogens (tertiary/aromatic N) is 1. The van der Waals surface area contributed by atoms with Gasteiger partial charge in [-0.3, -0.25) is 5.43 Å². The lowest BCUT2D eigenvalue weighted by Crippen LogP contribution is -2.25. The quantitative estimate of drug-likeness (QED) is 0.534. The Bertz CT molecular complexity index is 191. The molecule has 0 unspecified atom stereocenters. The van der Waals surface area contributed by atoms with Gasteiger partial charge in [0.2, 0.25) is 0 Å². The molecule has 1 radical (unpaired) electrons. The van der Waals surface area contributed by atoms with Crippen LogP contribution in [0.15, 0.2) is 23.5 Å². The third kappa shape index (κ3) is 0.897. The molecule has 0 spiro atoms. The van der Waals surface area contributed by atoms with Crippen molar-refractivity contribution in [2.45, 2.75) is 25.7 Å². The summed E-state index contributed by atoms with van der Waals surface area (Å²) in [5.41, 5.74) is 9.81. The molecule has 0 aromatic rings. The fourth-order valence-corrected chi connectivity index (χ4v) is 1.48. The van der Waals surface area contributed by atoms with Crippen LogP contribution in [-0.2, 0) is 0 Å². The van der Waals surface area contributed by atoms with Gasteiger partial charge in [-0.05, 0) is 37.3 Å². The summed E-state index contributed by atoms with van der Waals surface area (Å²) in [6.45, 7) is 0. The van der Waals surface area contributed by atoms with Gasteiger partial charge in [-0.1, -0.05) is 0 Å². The molecule has 2 aliphatic rings. The Balaban J connectivity index is 2.23. The van der Waals surface area contributed by atoms with E-state index in [1.165, 1.54) is 37.0 Å². The number of rotatable bonds is 0. The highest BCUT2D eigenvalue weighted by Crippen LogP contribution is 2.24. The molecule has 0 bridgehead atoms. The van der Waals surface area contributed by atoms with Crippen LogP contribution in [0.3, 0.4) is 0 Å². The summed E-state index contributed by atoms with van der Waals surface area (Å²) in [6, 6.07) is 0. The van der Waals surface area contributed by atoms with Crippen LogP contribution in [0.5, 0.6) is 0 Å². The Morgan fingerprint density at radius 3 is 3.10 bits per heavy atom. The smallest absolute Gasteiger partial charge is 0.0475 e. The first-order valence-electron chi connectivity index (χ1n) is 3.81. The van der Waals surface area contributed by atoms with Gasteiger partial charge in [0.25, 0.3) is 0 Å². The van der Waals surface area contributed by atoms with Crippen LogP contribution in [0.25, 0.3) is 0 Å². The van der Waals surface area contributed by atoms with Crippen LogP contribution < -0.4 is 10.9 Å². The van der Waals surface area contributed by atoms with E-state index in [0.29, 0.717) is 0 Å². The van der Waals surface area contributed by atoms with Crippen molar-refractivity contribution in [1.82, 2.24) is 10.9 Å². The molecular weight excluding hydrogens is 124 g/mol. The third-order valence-corrected chi connectivity index (χ3v) is 2.06. The van der Waals surface area contributed by atoms with Crippen molar-refractivity contribution in [2.75, 3.05) is 0 Å². The molecule has 1 aliphatic heterocycles. The highest BCUT2D eigenvalue weighted by Gasteiger charge is 2.12. The average Bonchev–Trinajstić information content (AvgIpc) is 2.05. The lowest BCUT2D eigenvalue weighted by atomic mass is 9.96. The van der Waals surface area contributed by atoms with Crippen LogP contribution in [-0.4, -0.2) is 0 Å². The van der Waals surface area contributed by atoms with E-state index in [0.717, 1.165) is 0 Å². The SMILES string of the molecule is C1=CC2=C(CCCC2)N[N]1. The molecule has 2 heteroatoms. The van der Waals surface area contributed by atoms with Crippen molar-refractivity contribution in [1.29, 1.82) is 0 Å². The largest absolute Gasteiger partial charge is 0.282 e. The maximum Gasteiger partial charge on any atom is 0.0475 e. The van der Waals surface area contributed by atoms with Gasteiger partial charge >= 0.3 is 0 Å². The Labute approximate surface area is 61.0 Å². The summed E-state index contributed by atoms with van der Waals surface area (Å²) in [4.78, 5) is 0. The topological polar surface area (TPSA) is 26.1 Å². The van der Waals surface area contributed by atoms with E-state index in [-0.39, 0.29) is 0 Å². The van der Waals surface area contributed by atoms with Crippen molar-refractivity contribution in [3.63, 3.8) is 0 Å². The van der Waals surface area contributed by atoms with E-state index >= 15 is 0 Å². The van der Waals surface area contributed by atoms with Crippen molar-refractivity contribution in [3.8, 4) is 0 Å². The maximum absolute atomic E-state index is 3.97. The van der Waals surface area contributed by atoms with Crippen molar-refractivity contribution in [3.05, 3.63) is 23.5 Å². The highest BCUT2D eigenvalue weighted by molar-refractivity contribution is 5.28. The van der Waals surface area contributed by atoms with Crippen LogP contribution in [0, 0.1) is 0 Å². The molecule has 1 aliphatic carbocycles. The minimum Gasteiger partial charge on any atom is -0.282 e. The molecule has 10 heavy (non-hydrogen) atoms. The standard InChI is InChI=1S/C8H11N2/c1-2-4-8-7(3-1)5-6-9-10-8/h5-6,10H,1-4H2. The van der Waals surface area contributed by atoms with Gasteiger partial charge in [0.15, 0.2) is 0 Å². The Hall–Kier alpha value is -0.920. The predicted molar refractivity (Wildman–Crippen MR) is 39.9 cm³/mol. The first kappa shape index (κ1) is 5.83. The number of hydrogen-bond acceptors (Lipinski definition) is 1. The molecule has 0 amide bonds. The molecule has 53 valence electrons.